The first-order valence-electron chi connectivity index (χ1n) is 7.05. The molecule has 2 rings (SSSR count). The van der Waals surface area contributed by atoms with E-state index < -0.39 is 0 Å². The number of halogens is 1. The van der Waals surface area contributed by atoms with Gasteiger partial charge in [0, 0.05) is 12.2 Å². The van der Waals surface area contributed by atoms with Crippen LogP contribution in [-0.4, -0.2) is 17.6 Å². The number of benzene rings is 2. The molecule has 0 unspecified atom stereocenters. The van der Waals surface area contributed by atoms with Gasteiger partial charge >= 0.3 is 0 Å². The van der Waals surface area contributed by atoms with E-state index in [0.717, 1.165) is 18.5 Å². The molecule has 0 fully saturated rings. The average molecular weight is 411 g/mol. The Labute approximate surface area is 148 Å². The predicted octanol–water partition coefficient (Wildman–Crippen LogP) is 3.68. The normalized spacial score (nSPS) is 10.9. The van der Waals surface area contributed by atoms with Crippen LogP contribution < -0.4 is 11.1 Å². The van der Waals surface area contributed by atoms with Gasteiger partial charge in [0.1, 0.15) is 5.75 Å². The Morgan fingerprint density at radius 1 is 1.09 bits per heavy atom. The van der Waals surface area contributed by atoms with Gasteiger partial charge in [0.2, 0.25) is 0 Å². The molecule has 0 saturated carbocycles. The first kappa shape index (κ1) is 18.3. The third-order valence-corrected chi connectivity index (χ3v) is 3.17. The van der Waals surface area contributed by atoms with Gasteiger partial charge in [-0.25, -0.2) is 0 Å². The van der Waals surface area contributed by atoms with Crippen LogP contribution in [0.15, 0.2) is 53.5 Å². The van der Waals surface area contributed by atoms with Crippen molar-refractivity contribution in [2.75, 3.05) is 11.9 Å². The van der Waals surface area contributed by atoms with Crippen molar-refractivity contribution in [3.63, 3.8) is 0 Å². The van der Waals surface area contributed by atoms with E-state index in [1.165, 1.54) is 11.1 Å². The van der Waals surface area contributed by atoms with Crippen LogP contribution in [0.25, 0.3) is 0 Å². The van der Waals surface area contributed by atoms with Crippen LogP contribution in [0.3, 0.4) is 0 Å². The summed E-state index contributed by atoms with van der Waals surface area (Å²) in [6.45, 7) is 2.72. The van der Waals surface area contributed by atoms with E-state index in [4.69, 9.17) is 5.73 Å². The predicted molar refractivity (Wildman–Crippen MR) is 103 cm³/mol. The molecule has 0 aromatic heterocycles. The summed E-state index contributed by atoms with van der Waals surface area (Å²) in [5.41, 5.74) is 9.19. The van der Waals surface area contributed by atoms with Crippen LogP contribution >= 0.6 is 24.0 Å². The third kappa shape index (κ3) is 6.34. The molecule has 5 heteroatoms. The number of guanidine groups is 1. The van der Waals surface area contributed by atoms with Gasteiger partial charge < -0.3 is 16.2 Å². The SMILES string of the molecule is Cc1ccc(NC(N)=NCCCc2ccc(O)cc2)cc1.I. The Hall–Kier alpha value is -1.76. The van der Waals surface area contributed by atoms with Crippen molar-refractivity contribution in [2.24, 2.45) is 10.7 Å². The molecule has 0 aliphatic rings. The van der Waals surface area contributed by atoms with E-state index in [0.29, 0.717) is 18.3 Å². The monoisotopic (exact) mass is 411 g/mol. The molecule has 0 heterocycles. The average Bonchev–Trinajstić information content (AvgIpc) is 2.48. The molecular formula is C17H22IN3O. The van der Waals surface area contributed by atoms with Crippen molar-refractivity contribution >= 4 is 35.6 Å². The number of phenols is 1. The summed E-state index contributed by atoms with van der Waals surface area (Å²) in [5, 5.41) is 12.3. The Morgan fingerprint density at radius 2 is 1.73 bits per heavy atom. The van der Waals surface area contributed by atoms with Crippen LogP contribution in [0.4, 0.5) is 5.69 Å². The number of hydrogen-bond acceptors (Lipinski definition) is 2. The van der Waals surface area contributed by atoms with Gasteiger partial charge in [0.05, 0.1) is 0 Å². The maximum absolute atomic E-state index is 9.21. The molecule has 0 radical (unpaired) electrons. The van der Waals surface area contributed by atoms with Crippen molar-refractivity contribution in [2.45, 2.75) is 19.8 Å². The minimum absolute atomic E-state index is 0. The zero-order chi connectivity index (χ0) is 15.1. The molecule has 118 valence electrons. The Bertz CT molecular complexity index is 594. The fourth-order valence-electron chi connectivity index (χ4n) is 1.97. The van der Waals surface area contributed by atoms with Crippen molar-refractivity contribution in [3.05, 3.63) is 59.7 Å². The van der Waals surface area contributed by atoms with Crippen molar-refractivity contribution in [1.29, 1.82) is 0 Å². The molecule has 2 aromatic carbocycles. The van der Waals surface area contributed by atoms with Gasteiger partial charge in [-0.2, -0.15) is 0 Å². The van der Waals surface area contributed by atoms with Crippen LogP contribution in [0.5, 0.6) is 5.75 Å². The summed E-state index contributed by atoms with van der Waals surface area (Å²) in [5.74, 6) is 0.730. The van der Waals surface area contributed by atoms with Crippen LogP contribution in [-0.2, 0) is 6.42 Å². The number of nitrogens with zero attached hydrogens (tertiary/aromatic N) is 1. The van der Waals surface area contributed by atoms with E-state index in [2.05, 4.69) is 10.3 Å². The van der Waals surface area contributed by atoms with Crippen molar-refractivity contribution in [3.8, 4) is 5.75 Å². The molecule has 4 N–H and O–H groups in total. The summed E-state index contributed by atoms with van der Waals surface area (Å²) in [6.07, 6.45) is 1.84. The van der Waals surface area contributed by atoms with E-state index in [1.807, 2.05) is 43.3 Å². The van der Waals surface area contributed by atoms with Gasteiger partial charge in [-0.15, -0.1) is 24.0 Å². The maximum atomic E-state index is 9.21. The molecule has 2 aromatic rings. The lowest BCUT2D eigenvalue weighted by Gasteiger charge is -2.06. The van der Waals surface area contributed by atoms with Gasteiger partial charge in [0.25, 0.3) is 0 Å². The summed E-state index contributed by atoms with van der Waals surface area (Å²) in [7, 11) is 0. The minimum atomic E-state index is 0. The highest BCUT2D eigenvalue weighted by molar-refractivity contribution is 14.0. The molecule has 0 amide bonds. The largest absolute Gasteiger partial charge is 0.508 e. The lowest BCUT2D eigenvalue weighted by Crippen LogP contribution is -2.22. The fourth-order valence-corrected chi connectivity index (χ4v) is 1.97. The summed E-state index contributed by atoms with van der Waals surface area (Å²) in [6, 6.07) is 15.3. The number of aryl methyl sites for hydroxylation is 2. The van der Waals surface area contributed by atoms with Gasteiger partial charge in [0.15, 0.2) is 5.96 Å². The van der Waals surface area contributed by atoms with E-state index in [1.54, 1.807) is 12.1 Å². The second-order valence-corrected chi connectivity index (χ2v) is 5.03. The van der Waals surface area contributed by atoms with Gasteiger partial charge in [-0.3, -0.25) is 4.99 Å². The summed E-state index contributed by atoms with van der Waals surface area (Å²) < 4.78 is 0. The molecular weight excluding hydrogens is 389 g/mol. The molecule has 22 heavy (non-hydrogen) atoms. The fraction of sp³-hybridized carbons (Fsp3) is 0.235. The highest BCUT2D eigenvalue weighted by Gasteiger charge is 1.96. The molecule has 4 nitrogen and oxygen atoms in total. The van der Waals surface area contributed by atoms with Crippen LogP contribution in [0.1, 0.15) is 17.5 Å². The Kier molecular flexibility index (Phi) is 7.73. The number of hydrogen-bond donors (Lipinski definition) is 3. The minimum Gasteiger partial charge on any atom is -0.508 e. The number of aromatic hydroxyl groups is 1. The number of aliphatic imine (C=N–C) groups is 1. The Balaban J connectivity index is 0.00000242. The first-order chi connectivity index (χ1) is 10.1. The van der Waals surface area contributed by atoms with Crippen molar-refractivity contribution in [1.82, 2.24) is 0 Å². The molecule has 0 bridgehead atoms. The number of nitrogens with one attached hydrogen (secondary N) is 1. The quantitative estimate of drug-likeness (QED) is 0.304. The van der Waals surface area contributed by atoms with E-state index in [-0.39, 0.29) is 24.0 Å². The molecule has 0 spiro atoms. The van der Waals surface area contributed by atoms with E-state index >= 15 is 0 Å². The number of nitrogens with two attached hydrogens (primary N) is 1. The molecule has 0 aliphatic heterocycles. The standard InChI is InChI=1S/C17H21N3O.HI/c1-13-4-8-15(9-5-13)20-17(18)19-12-2-3-14-6-10-16(21)11-7-14;/h4-11,21H,2-3,12H2,1H3,(H3,18,19,20);1H. The van der Waals surface area contributed by atoms with Crippen LogP contribution in [0.2, 0.25) is 0 Å². The zero-order valence-corrected chi connectivity index (χ0v) is 15.0. The third-order valence-electron chi connectivity index (χ3n) is 3.17. The second-order valence-electron chi connectivity index (χ2n) is 5.03. The molecule has 0 saturated heterocycles. The van der Waals surface area contributed by atoms with Crippen LogP contribution in [0, 0.1) is 6.92 Å². The Morgan fingerprint density at radius 3 is 2.36 bits per heavy atom. The van der Waals surface area contributed by atoms with Gasteiger partial charge in [-0.1, -0.05) is 29.8 Å². The maximum Gasteiger partial charge on any atom is 0.193 e. The van der Waals surface area contributed by atoms with Crippen molar-refractivity contribution < 1.29 is 5.11 Å². The second kappa shape index (κ2) is 9.30. The summed E-state index contributed by atoms with van der Waals surface area (Å²) in [4.78, 5) is 4.31. The number of anilines is 1. The summed E-state index contributed by atoms with van der Waals surface area (Å²) >= 11 is 0. The first-order valence-corrected chi connectivity index (χ1v) is 7.05. The molecule has 0 aliphatic carbocycles. The zero-order valence-electron chi connectivity index (χ0n) is 12.6. The topological polar surface area (TPSA) is 70.6 Å². The lowest BCUT2D eigenvalue weighted by atomic mass is 10.1. The lowest BCUT2D eigenvalue weighted by molar-refractivity contribution is 0.475. The van der Waals surface area contributed by atoms with E-state index in [9.17, 15) is 5.11 Å². The van der Waals surface area contributed by atoms with Gasteiger partial charge in [-0.05, 0) is 49.6 Å². The number of rotatable bonds is 5. The smallest absolute Gasteiger partial charge is 0.193 e. The molecule has 0 atom stereocenters. The number of phenolic OH excluding ortho intramolecular Hbond substituents is 1. The highest BCUT2D eigenvalue weighted by atomic mass is 127. The highest BCUT2D eigenvalue weighted by Crippen LogP contribution is 2.11.